The van der Waals surface area contributed by atoms with Crippen LogP contribution in [-0.4, -0.2) is 11.6 Å². The highest BCUT2D eigenvalue weighted by molar-refractivity contribution is 5.12. The van der Waals surface area contributed by atoms with Crippen LogP contribution in [0.5, 0.6) is 0 Å². The third kappa shape index (κ3) is 4.35. The summed E-state index contributed by atoms with van der Waals surface area (Å²) in [4.78, 5) is 9.45. The van der Waals surface area contributed by atoms with Crippen molar-refractivity contribution in [3.63, 3.8) is 0 Å². The number of hydrogen-bond donors (Lipinski definition) is 1. The fraction of sp³-hybridized carbons (Fsp3) is 0.545. The molecule has 0 aliphatic carbocycles. The lowest BCUT2D eigenvalue weighted by molar-refractivity contribution is 0.0196. The van der Waals surface area contributed by atoms with Gasteiger partial charge in [-0.05, 0) is 24.5 Å². The van der Waals surface area contributed by atoms with Crippen LogP contribution in [0.15, 0.2) is 18.3 Å². The molecule has 3 nitrogen and oxygen atoms in total. The van der Waals surface area contributed by atoms with E-state index in [-0.39, 0.29) is 0 Å². The van der Waals surface area contributed by atoms with Crippen LogP contribution in [0, 0.1) is 12.8 Å². The van der Waals surface area contributed by atoms with Crippen molar-refractivity contribution in [3.05, 3.63) is 29.6 Å². The Morgan fingerprint density at radius 1 is 1.43 bits per heavy atom. The normalized spacial score (nSPS) is 10.9. The summed E-state index contributed by atoms with van der Waals surface area (Å²) in [5.74, 6) is 0.554. The van der Waals surface area contributed by atoms with Crippen LogP contribution in [-0.2, 0) is 11.4 Å². The molecule has 1 aromatic heterocycles. The van der Waals surface area contributed by atoms with Gasteiger partial charge in [-0.3, -0.25) is 4.98 Å². The van der Waals surface area contributed by atoms with Crippen molar-refractivity contribution in [2.75, 3.05) is 6.61 Å². The van der Waals surface area contributed by atoms with Gasteiger partial charge < -0.3 is 4.84 Å². The molecule has 1 heterocycles. The highest BCUT2D eigenvalue weighted by Gasteiger charge is 1.95. The Kier molecular flexibility index (Phi) is 4.56. The van der Waals surface area contributed by atoms with Crippen molar-refractivity contribution in [1.29, 1.82) is 0 Å². The average molecular weight is 194 g/mol. The Morgan fingerprint density at radius 2 is 2.21 bits per heavy atom. The van der Waals surface area contributed by atoms with Crippen molar-refractivity contribution in [3.8, 4) is 0 Å². The summed E-state index contributed by atoms with van der Waals surface area (Å²) in [5, 5.41) is 0. The molecule has 0 aliphatic heterocycles. The molecule has 0 aliphatic rings. The van der Waals surface area contributed by atoms with Gasteiger partial charge in [0.05, 0.1) is 6.61 Å². The van der Waals surface area contributed by atoms with Crippen molar-refractivity contribution in [2.24, 2.45) is 5.92 Å². The zero-order chi connectivity index (χ0) is 10.4. The molecular weight excluding hydrogens is 176 g/mol. The van der Waals surface area contributed by atoms with Crippen LogP contribution in [0.25, 0.3) is 0 Å². The highest BCUT2D eigenvalue weighted by Crippen LogP contribution is 1.98. The summed E-state index contributed by atoms with van der Waals surface area (Å²) < 4.78 is 0. The number of pyridine rings is 1. The predicted octanol–water partition coefficient (Wildman–Crippen LogP) is 2.07. The molecule has 0 radical (unpaired) electrons. The van der Waals surface area contributed by atoms with Crippen molar-refractivity contribution in [2.45, 2.75) is 27.3 Å². The van der Waals surface area contributed by atoms with Gasteiger partial charge >= 0.3 is 0 Å². The van der Waals surface area contributed by atoms with Gasteiger partial charge in [0.2, 0.25) is 0 Å². The van der Waals surface area contributed by atoms with E-state index in [2.05, 4.69) is 24.3 Å². The number of hydroxylamine groups is 1. The molecule has 0 amide bonds. The van der Waals surface area contributed by atoms with Crippen LogP contribution >= 0.6 is 0 Å². The summed E-state index contributed by atoms with van der Waals surface area (Å²) in [6.45, 7) is 7.66. The van der Waals surface area contributed by atoms with E-state index in [1.54, 1.807) is 0 Å². The minimum Gasteiger partial charge on any atom is -0.301 e. The first-order valence-electron chi connectivity index (χ1n) is 4.94. The lowest BCUT2D eigenvalue weighted by Gasteiger charge is -2.07. The number of aromatic nitrogens is 1. The zero-order valence-electron chi connectivity index (χ0n) is 9.08. The van der Waals surface area contributed by atoms with Crippen molar-refractivity contribution in [1.82, 2.24) is 10.5 Å². The van der Waals surface area contributed by atoms with Crippen molar-refractivity contribution >= 4 is 0 Å². The minimum atomic E-state index is 0.554. The maximum Gasteiger partial charge on any atom is 0.0705 e. The fourth-order valence-corrected chi connectivity index (χ4v) is 0.963. The topological polar surface area (TPSA) is 34.1 Å². The van der Waals surface area contributed by atoms with E-state index >= 15 is 0 Å². The van der Waals surface area contributed by atoms with Gasteiger partial charge in [-0.15, -0.1) is 0 Å². The molecule has 78 valence electrons. The Hall–Kier alpha value is -0.930. The summed E-state index contributed by atoms with van der Waals surface area (Å²) in [5.41, 5.74) is 5.09. The number of aryl methyl sites for hydroxylation is 1. The van der Waals surface area contributed by atoms with Gasteiger partial charge in [0.15, 0.2) is 0 Å². The SMILES string of the molecule is Cc1ccc(CNOCC(C)C)cn1. The Bertz CT molecular complexity index is 256. The summed E-state index contributed by atoms with van der Waals surface area (Å²) in [7, 11) is 0. The molecule has 0 unspecified atom stereocenters. The monoisotopic (exact) mass is 194 g/mol. The van der Waals surface area contributed by atoms with Gasteiger partial charge in [0.25, 0.3) is 0 Å². The first-order chi connectivity index (χ1) is 6.68. The summed E-state index contributed by atoms with van der Waals surface area (Å²) in [6, 6.07) is 4.05. The van der Waals surface area contributed by atoms with Gasteiger partial charge in [0.1, 0.15) is 0 Å². The summed E-state index contributed by atoms with van der Waals surface area (Å²) >= 11 is 0. The second-order valence-corrected chi connectivity index (χ2v) is 3.83. The minimum absolute atomic E-state index is 0.554. The Morgan fingerprint density at radius 3 is 2.79 bits per heavy atom. The van der Waals surface area contributed by atoms with Crippen LogP contribution in [0.3, 0.4) is 0 Å². The first-order valence-corrected chi connectivity index (χ1v) is 4.94. The number of nitrogens with one attached hydrogen (secondary N) is 1. The maximum absolute atomic E-state index is 5.25. The number of hydrogen-bond acceptors (Lipinski definition) is 3. The molecule has 1 N–H and O–H groups in total. The van der Waals surface area contributed by atoms with Crippen LogP contribution in [0.2, 0.25) is 0 Å². The smallest absolute Gasteiger partial charge is 0.0705 e. The lowest BCUT2D eigenvalue weighted by Crippen LogP contribution is -2.17. The maximum atomic E-state index is 5.25. The Balaban J connectivity index is 2.21. The second kappa shape index (κ2) is 5.73. The molecule has 0 saturated heterocycles. The van der Waals surface area contributed by atoms with Gasteiger partial charge in [0, 0.05) is 18.4 Å². The quantitative estimate of drug-likeness (QED) is 0.575. The molecule has 0 atom stereocenters. The summed E-state index contributed by atoms with van der Waals surface area (Å²) in [6.07, 6.45) is 1.86. The van der Waals surface area contributed by atoms with Gasteiger partial charge in [-0.25, -0.2) is 0 Å². The van der Waals surface area contributed by atoms with Crippen molar-refractivity contribution < 1.29 is 4.84 Å². The molecular formula is C11H18N2O. The standard InChI is InChI=1S/C11H18N2O/c1-9(2)8-14-13-7-11-5-4-10(3)12-6-11/h4-6,9,13H,7-8H2,1-3H3. The Labute approximate surface area is 85.5 Å². The van der Waals surface area contributed by atoms with E-state index in [9.17, 15) is 0 Å². The van der Waals surface area contributed by atoms with Crippen LogP contribution in [0.4, 0.5) is 0 Å². The molecule has 3 heteroatoms. The average Bonchev–Trinajstić information content (AvgIpc) is 2.15. The molecule has 1 rings (SSSR count). The van der Waals surface area contributed by atoms with Gasteiger partial charge in [-0.2, -0.15) is 5.48 Å². The molecule has 0 bridgehead atoms. The highest BCUT2D eigenvalue weighted by atomic mass is 16.6. The third-order valence-corrected chi connectivity index (χ3v) is 1.77. The molecule has 0 spiro atoms. The molecule has 0 aromatic carbocycles. The molecule has 1 aromatic rings. The lowest BCUT2D eigenvalue weighted by atomic mass is 10.2. The number of rotatable bonds is 5. The molecule has 14 heavy (non-hydrogen) atoms. The molecule has 0 fully saturated rings. The van der Waals surface area contributed by atoms with Crippen LogP contribution in [0.1, 0.15) is 25.1 Å². The first kappa shape index (κ1) is 11.1. The predicted molar refractivity (Wildman–Crippen MR) is 56.6 cm³/mol. The number of nitrogens with zero attached hydrogens (tertiary/aromatic N) is 1. The van der Waals surface area contributed by atoms with Crippen LogP contribution < -0.4 is 5.48 Å². The fourth-order valence-electron chi connectivity index (χ4n) is 0.963. The van der Waals surface area contributed by atoms with E-state index in [0.717, 1.165) is 17.9 Å². The molecule has 0 saturated carbocycles. The van der Waals surface area contributed by atoms with E-state index < -0.39 is 0 Å². The third-order valence-electron chi connectivity index (χ3n) is 1.77. The van der Waals surface area contributed by atoms with E-state index in [1.807, 2.05) is 25.3 Å². The second-order valence-electron chi connectivity index (χ2n) is 3.83. The van der Waals surface area contributed by atoms with E-state index in [0.29, 0.717) is 12.5 Å². The zero-order valence-corrected chi connectivity index (χ0v) is 9.08. The van der Waals surface area contributed by atoms with E-state index in [1.165, 1.54) is 0 Å². The van der Waals surface area contributed by atoms with Gasteiger partial charge in [-0.1, -0.05) is 19.9 Å². The largest absolute Gasteiger partial charge is 0.301 e. The van der Waals surface area contributed by atoms with E-state index in [4.69, 9.17) is 4.84 Å².